The minimum Gasteiger partial charge on any atom is -0.435 e. The minimum atomic E-state index is -2.82. The number of hydrogen-bond donors (Lipinski definition) is 1. The highest BCUT2D eigenvalue weighted by Crippen LogP contribution is 2.20. The van der Waals surface area contributed by atoms with Gasteiger partial charge in [-0.1, -0.05) is 18.2 Å². The van der Waals surface area contributed by atoms with Crippen LogP contribution in [0.2, 0.25) is 0 Å². The molecule has 0 spiro atoms. The van der Waals surface area contributed by atoms with E-state index in [0.717, 1.165) is 13.1 Å². The molecule has 21 heavy (non-hydrogen) atoms. The molecule has 1 aromatic carbocycles. The van der Waals surface area contributed by atoms with E-state index in [1.54, 1.807) is 18.2 Å². The van der Waals surface area contributed by atoms with Gasteiger partial charge in [-0.15, -0.1) is 24.0 Å². The van der Waals surface area contributed by atoms with E-state index in [1.807, 2.05) is 18.7 Å². The van der Waals surface area contributed by atoms with Crippen LogP contribution >= 0.6 is 24.0 Å². The molecular weight excluding hydrogens is 391 g/mol. The summed E-state index contributed by atoms with van der Waals surface area (Å²) in [6.45, 7) is 3.19. The second-order valence-electron chi connectivity index (χ2n) is 4.15. The van der Waals surface area contributed by atoms with Crippen LogP contribution in [0.4, 0.5) is 8.78 Å². The van der Waals surface area contributed by atoms with Crippen LogP contribution < -0.4 is 10.5 Å². The number of ether oxygens (including phenoxy) is 1. The second-order valence-corrected chi connectivity index (χ2v) is 4.15. The average molecular weight is 413 g/mol. The molecule has 0 fully saturated rings. The van der Waals surface area contributed by atoms with Crippen molar-refractivity contribution in [3.8, 4) is 5.75 Å². The number of nitrogens with two attached hydrogens (primary N) is 1. The van der Waals surface area contributed by atoms with Crippen molar-refractivity contribution in [2.75, 3.05) is 19.6 Å². The summed E-state index contributed by atoms with van der Waals surface area (Å²) in [4.78, 5) is 6.19. The fourth-order valence-corrected chi connectivity index (χ4v) is 1.86. The van der Waals surface area contributed by atoms with Gasteiger partial charge in [0.25, 0.3) is 0 Å². The van der Waals surface area contributed by atoms with E-state index in [4.69, 9.17) is 5.73 Å². The Morgan fingerprint density at radius 3 is 2.48 bits per heavy atom. The molecule has 0 aliphatic carbocycles. The van der Waals surface area contributed by atoms with Gasteiger partial charge >= 0.3 is 6.61 Å². The van der Waals surface area contributed by atoms with Crippen molar-refractivity contribution < 1.29 is 13.5 Å². The van der Waals surface area contributed by atoms with E-state index in [-0.39, 0.29) is 29.7 Å². The first-order valence-corrected chi connectivity index (χ1v) is 6.66. The summed E-state index contributed by atoms with van der Waals surface area (Å²) in [5, 5.41) is 0. The Morgan fingerprint density at radius 1 is 1.29 bits per heavy atom. The molecule has 0 aromatic heterocycles. The number of benzene rings is 1. The molecule has 0 aliphatic heterocycles. The van der Waals surface area contributed by atoms with Crippen molar-refractivity contribution in [2.24, 2.45) is 10.7 Å². The largest absolute Gasteiger partial charge is 0.435 e. The number of rotatable bonds is 7. The van der Waals surface area contributed by atoms with E-state index in [9.17, 15) is 8.78 Å². The predicted molar refractivity (Wildman–Crippen MR) is 91.6 cm³/mol. The van der Waals surface area contributed by atoms with Gasteiger partial charge in [-0.2, -0.15) is 8.78 Å². The molecule has 0 heterocycles. The predicted octanol–water partition coefficient (Wildman–Crippen LogP) is 3.11. The van der Waals surface area contributed by atoms with Gasteiger partial charge in [0.1, 0.15) is 5.75 Å². The second kappa shape index (κ2) is 10.6. The first kappa shape index (κ1) is 19.9. The summed E-state index contributed by atoms with van der Waals surface area (Å²) in [7, 11) is 0. The molecule has 2 N–H and O–H groups in total. The Bertz CT molecular complexity index is 440. The summed E-state index contributed by atoms with van der Waals surface area (Å²) >= 11 is 0. The van der Waals surface area contributed by atoms with Gasteiger partial charge in [0.2, 0.25) is 0 Å². The van der Waals surface area contributed by atoms with Crippen molar-refractivity contribution in [2.45, 2.75) is 26.9 Å². The van der Waals surface area contributed by atoms with Crippen molar-refractivity contribution in [3.05, 3.63) is 29.8 Å². The van der Waals surface area contributed by atoms with Crippen LogP contribution in [0, 0.1) is 0 Å². The molecule has 1 rings (SSSR count). The van der Waals surface area contributed by atoms with Gasteiger partial charge in [-0.25, -0.2) is 0 Å². The molecule has 7 heteroatoms. The number of guanidine groups is 1. The Labute approximate surface area is 141 Å². The van der Waals surface area contributed by atoms with Crippen molar-refractivity contribution in [1.29, 1.82) is 0 Å². The third-order valence-electron chi connectivity index (χ3n) is 2.93. The van der Waals surface area contributed by atoms with Gasteiger partial charge in [-0.05, 0) is 31.9 Å². The van der Waals surface area contributed by atoms with Crippen molar-refractivity contribution in [3.63, 3.8) is 0 Å². The van der Waals surface area contributed by atoms with E-state index in [1.165, 1.54) is 6.07 Å². The molecule has 4 nitrogen and oxygen atoms in total. The van der Waals surface area contributed by atoms with Gasteiger partial charge in [0.15, 0.2) is 5.96 Å². The Morgan fingerprint density at radius 2 is 1.90 bits per heavy atom. The third-order valence-corrected chi connectivity index (χ3v) is 2.93. The number of halogens is 3. The van der Waals surface area contributed by atoms with Crippen LogP contribution in [0.5, 0.6) is 5.75 Å². The Hall–Kier alpha value is -1.12. The molecule has 1 aromatic rings. The molecule has 0 aliphatic rings. The zero-order chi connectivity index (χ0) is 15.0. The van der Waals surface area contributed by atoms with Gasteiger partial charge < -0.3 is 15.4 Å². The zero-order valence-electron chi connectivity index (χ0n) is 12.3. The van der Waals surface area contributed by atoms with Crippen molar-refractivity contribution >= 4 is 29.9 Å². The standard InChI is InChI=1S/C14H21F2N3O.HI/c1-3-19(4-2)14(17)18-10-9-11-7-5-6-8-12(11)20-13(15)16;/h5-8,13H,3-4,9-10H2,1-2H3,(H2,17,18);1H. The fourth-order valence-electron chi connectivity index (χ4n) is 1.86. The van der Waals surface area contributed by atoms with E-state index in [0.29, 0.717) is 24.5 Å². The molecular formula is C14H22F2IN3O. The molecule has 0 radical (unpaired) electrons. The smallest absolute Gasteiger partial charge is 0.387 e. The maximum Gasteiger partial charge on any atom is 0.387 e. The van der Waals surface area contributed by atoms with Gasteiger partial charge in [0, 0.05) is 19.6 Å². The van der Waals surface area contributed by atoms with Crippen LogP contribution in [0.3, 0.4) is 0 Å². The molecule has 0 amide bonds. The number of aliphatic imine (C=N–C) groups is 1. The monoisotopic (exact) mass is 413 g/mol. The lowest BCUT2D eigenvalue weighted by Gasteiger charge is -2.19. The Kier molecular flexibility index (Phi) is 10.0. The van der Waals surface area contributed by atoms with Gasteiger partial charge in [0.05, 0.1) is 0 Å². The normalized spacial score (nSPS) is 11.2. The summed E-state index contributed by atoms with van der Waals surface area (Å²) in [5.74, 6) is 0.668. The van der Waals surface area contributed by atoms with E-state index >= 15 is 0 Å². The summed E-state index contributed by atoms with van der Waals surface area (Å²) in [6.07, 6.45) is 0.505. The molecule has 0 saturated heterocycles. The summed E-state index contributed by atoms with van der Waals surface area (Å²) in [6, 6.07) is 6.72. The lowest BCUT2D eigenvalue weighted by Crippen LogP contribution is -2.37. The maximum absolute atomic E-state index is 12.3. The van der Waals surface area contributed by atoms with Crippen LogP contribution in [0.15, 0.2) is 29.3 Å². The van der Waals surface area contributed by atoms with Crippen molar-refractivity contribution in [1.82, 2.24) is 4.90 Å². The number of para-hydroxylation sites is 1. The Balaban J connectivity index is 0.00000400. The summed E-state index contributed by atoms with van der Waals surface area (Å²) < 4.78 is 29.0. The number of nitrogens with zero attached hydrogens (tertiary/aromatic N) is 2. The lowest BCUT2D eigenvalue weighted by atomic mass is 10.1. The molecule has 0 unspecified atom stereocenters. The SMILES string of the molecule is CCN(CC)C(N)=NCCc1ccccc1OC(F)F.I. The van der Waals surface area contributed by atoms with E-state index < -0.39 is 6.61 Å². The molecule has 0 saturated carbocycles. The highest BCUT2D eigenvalue weighted by Gasteiger charge is 2.09. The minimum absolute atomic E-state index is 0. The first-order chi connectivity index (χ1) is 9.58. The topological polar surface area (TPSA) is 50.8 Å². The highest BCUT2D eigenvalue weighted by molar-refractivity contribution is 14.0. The van der Waals surface area contributed by atoms with Crippen LogP contribution in [0.25, 0.3) is 0 Å². The van der Waals surface area contributed by atoms with Gasteiger partial charge in [-0.3, -0.25) is 4.99 Å². The lowest BCUT2D eigenvalue weighted by molar-refractivity contribution is -0.0504. The quantitative estimate of drug-likeness (QED) is 0.425. The van der Waals surface area contributed by atoms with Crippen LogP contribution in [0.1, 0.15) is 19.4 Å². The number of alkyl halides is 2. The average Bonchev–Trinajstić information content (AvgIpc) is 2.41. The van der Waals surface area contributed by atoms with E-state index in [2.05, 4.69) is 9.73 Å². The number of hydrogen-bond acceptors (Lipinski definition) is 2. The zero-order valence-corrected chi connectivity index (χ0v) is 14.6. The first-order valence-electron chi connectivity index (χ1n) is 6.66. The fraction of sp³-hybridized carbons (Fsp3) is 0.500. The third kappa shape index (κ3) is 6.92. The maximum atomic E-state index is 12.3. The van der Waals surface area contributed by atoms with Crippen LogP contribution in [-0.2, 0) is 6.42 Å². The molecule has 0 atom stereocenters. The molecule has 0 bridgehead atoms. The van der Waals surface area contributed by atoms with Crippen LogP contribution in [-0.4, -0.2) is 37.1 Å². The summed E-state index contributed by atoms with van der Waals surface area (Å²) in [5.41, 5.74) is 6.54. The highest BCUT2D eigenvalue weighted by atomic mass is 127. The molecule has 120 valence electrons.